The lowest BCUT2D eigenvalue weighted by molar-refractivity contribution is -0.127. The average molecular weight is 446 g/mol. The zero-order valence-electron chi connectivity index (χ0n) is 17.1. The Balaban J connectivity index is 1.28. The van der Waals surface area contributed by atoms with Crippen molar-refractivity contribution in [3.63, 3.8) is 0 Å². The summed E-state index contributed by atoms with van der Waals surface area (Å²) in [4.78, 5) is 31.2. The first-order valence-corrected chi connectivity index (χ1v) is 10.9. The number of hydrogen-bond donors (Lipinski definition) is 1. The number of carbonyl (C=O) groups excluding carboxylic acids is 2. The number of aromatic nitrogens is 3. The van der Waals surface area contributed by atoms with Crippen LogP contribution >= 0.6 is 11.3 Å². The van der Waals surface area contributed by atoms with Crippen molar-refractivity contribution in [2.75, 3.05) is 16.8 Å². The second-order valence-corrected chi connectivity index (χ2v) is 8.09. The number of hydrogen-bond acceptors (Lipinski definition) is 6. The quantitative estimate of drug-likeness (QED) is 0.505. The van der Waals surface area contributed by atoms with E-state index in [1.807, 2.05) is 48.0 Å². The van der Waals surface area contributed by atoms with Crippen LogP contribution in [-0.4, -0.2) is 39.2 Å². The van der Waals surface area contributed by atoms with Gasteiger partial charge in [0.1, 0.15) is 12.3 Å². The van der Waals surface area contributed by atoms with Crippen LogP contribution in [0.5, 0.6) is 5.75 Å². The maximum absolute atomic E-state index is 12.7. The van der Waals surface area contributed by atoms with Crippen LogP contribution < -0.4 is 15.0 Å². The van der Waals surface area contributed by atoms with Crippen LogP contribution in [-0.2, 0) is 9.59 Å². The molecule has 2 aromatic heterocycles. The maximum atomic E-state index is 12.7. The van der Waals surface area contributed by atoms with Crippen molar-refractivity contribution < 1.29 is 14.3 Å². The van der Waals surface area contributed by atoms with E-state index in [9.17, 15) is 9.59 Å². The number of nitrogens with one attached hydrogen (secondary N) is 1. The fourth-order valence-electron chi connectivity index (χ4n) is 3.49. The number of benzene rings is 2. The highest BCUT2D eigenvalue weighted by Gasteiger charge is 2.32. The standard InChI is InChI=1S/C23H19N5O3S/c1-15-22(30)27(19-5-2-3-6-20(19)31-15)13-21(29)26-23-25-18(14-32-23)16-7-9-17(10-8-16)28-12-4-11-24-28/h2-12,14-15H,13H2,1H3,(H,25,26,29)/t15-/m1/s1. The van der Waals surface area contributed by atoms with Gasteiger partial charge in [-0.15, -0.1) is 11.3 Å². The highest BCUT2D eigenvalue weighted by Crippen LogP contribution is 2.33. The number of anilines is 2. The molecule has 4 aromatic rings. The summed E-state index contributed by atoms with van der Waals surface area (Å²) in [5, 5.41) is 9.38. The fourth-order valence-corrected chi connectivity index (χ4v) is 4.23. The number of para-hydroxylation sites is 2. The average Bonchev–Trinajstić information content (AvgIpc) is 3.50. The third kappa shape index (κ3) is 3.85. The Morgan fingerprint density at radius 1 is 1.16 bits per heavy atom. The Kier molecular flexibility index (Phi) is 5.16. The molecule has 0 aliphatic carbocycles. The summed E-state index contributed by atoms with van der Waals surface area (Å²) >= 11 is 1.33. The maximum Gasteiger partial charge on any atom is 0.268 e. The predicted octanol–water partition coefficient (Wildman–Crippen LogP) is 3.75. The summed E-state index contributed by atoms with van der Waals surface area (Å²) in [5.41, 5.74) is 3.23. The Hall–Kier alpha value is -3.98. The Morgan fingerprint density at radius 3 is 2.75 bits per heavy atom. The van der Waals surface area contributed by atoms with Crippen LogP contribution in [0.4, 0.5) is 10.8 Å². The van der Waals surface area contributed by atoms with Crippen molar-refractivity contribution >= 4 is 34.0 Å². The van der Waals surface area contributed by atoms with E-state index in [0.717, 1.165) is 16.9 Å². The van der Waals surface area contributed by atoms with Crippen molar-refractivity contribution in [1.29, 1.82) is 0 Å². The van der Waals surface area contributed by atoms with Gasteiger partial charge < -0.3 is 10.1 Å². The largest absolute Gasteiger partial charge is 0.479 e. The lowest BCUT2D eigenvalue weighted by Gasteiger charge is -2.32. The second kappa shape index (κ2) is 8.27. The molecule has 2 amide bonds. The molecule has 2 aromatic carbocycles. The molecule has 1 atom stereocenters. The van der Waals surface area contributed by atoms with Gasteiger partial charge in [0.25, 0.3) is 5.91 Å². The zero-order chi connectivity index (χ0) is 22.1. The number of fused-ring (bicyclic) bond motifs is 1. The van der Waals surface area contributed by atoms with Gasteiger partial charge in [-0.1, -0.05) is 24.3 Å². The number of amides is 2. The molecular formula is C23H19N5O3S. The Bertz CT molecular complexity index is 1270. The summed E-state index contributed by atoms with van der Waals surface area (Å²) in [6, 6.07) is 16.9. The molecule has 0 radical (unpaired) electrons. The molecule has 32 heavy (non-hydrogen) atoms. The van der Waals surface area contributed by atoms with E-state index < -0.39 is 6.10 Å². The minimum atomic E-state index is -0.645. The number of ether oxygens (including phenoxy) is 1. The fraction of sp³-hybridized carbons (Fsp3) is 0.130. The van der Waals surface area contributed by atoms with E-state index in [1.165, 1.54) is 16.2 Å². The predicted molar refractivity (Wildman–Crippen MR) is 122 cm³/mol. The number of rotatable bonds is 5. The van der Waals surface area contributed by atoms with Crippen LogP contribution in [0.25, 0.3) is 16.9 Å². The van der Waals surface area contributed by atoms with Gasteiger partial charge in [0.05, 0.1) is 17.1 Å². The molecule has 0 bridgehead atoms. The molecular weight excluding hydrogens is 426 g/mol. The number of carbonyl (C=O) groups is 2. The molecule has 5 rings (SSSR count). The molecule has 1 aliphatic rings. The zero-order valence-corrected chi connectivity index (χ0v) is 18.0. The van der Waals surface area contributed by atoms with Gasteiger partial charge in [-0.3, -0.25) is 14.5 Å². The van der Waals surface area contributed by atoms with Crippen molar-refractivity contribution in [3.8, 4) is 22.7 Å². The monoisotopic (exact) mass is 445 g/mol. The van der Waals surface area contributed by atoms with E-state index in [-0.39, 0.29) is 18.4 Å². The van der Waals surface area contributed by atoms with Crippen LogP contribution in [0.1, 0.15) is 6.92 Å². The molecule has 3 heterocycles. The molecule has 0 unspecified atom stereocenters. The van der Waals surface area contributed by atoms with Gasteiger partial charge in [-0.05, 0) is 37.3 Å². The first-order valence-electron chi connectivity index (χ1n) is 10.0. The van der Waals surface area contributed by atoms with Crippen molar-refractivity contribution in [3.05, 3.63) is 72.4 Å². The Labute approximate surface area is 188 Å². The third-order valence-corrected chi connectivity index (χ3v) is 5.82. The van der Waals surface area contributed by atoms with Gasteiger partial charge >= 0.3 is 0 Å². The van der Waals surface area contributed by atoms with E-state index in [2.05, 4.69) is 15.4 Å². The van der Waals surface area contributed by atoms with E-state index in [1.54, 1.807) is 36.0 Å². The Morgan fingerprint density at radius 2 is 1.97 bits per heavy atom. The minimum absolute atomic E-state index is 0.114. The van der Waals surface area contributed by atoms with Crippen molar-refractivity contribution in [2.45, 2.75) is 13.0 Å². The smallest absolute Gasteiger partial charge is 0.268 e. The summed E-state index contributed by atoms with van der Waals surface area (Å²) in [6.45, 7) is 1.56. The lowest BCUT2D eigenvalue weighted by Crippen LogP contribution is -2.47. The lowest BCUT2D eigenvalue weighted by atomic mass is 10.1. The summed E-state index contributed by atoms with van der Waals surface area (Å²) in [7, 11) is 0. The molecule has 0 saturated carbocycles. The molecule has 1 N–H and O–H groups in total. The third-order valence-electron chi connectivity index (χ3n) is 5.06. The summed E-state index contributed by atoms with van der Waals surface area (Å²) in [5.74, 6) is 0.00984. The van der Waals surface area contributed by atoms with Gasteiger partial charge in [0.2, 0.25) is 5.91 Å². The SMILES string of the molecule is C[C@H]1Oc2ccccc2N(CC(=O)Nc2nc(-c3ccc(-n4cccn4)cc3)cs2)C1=O. The van der Waals surface area contributed by atoms with Crippen LogP contribution in [0.3, 0.4) is 0 Å². The van der Waals surface area contributed by atoms with Crippen LogP contribution in [0.15, 0.2) is 72.4 Å². The van der Waals surface area contributed by atoms with Crippen LogP contribution in [0.2, 0.25) is 0 Å². The van der Waals surface area contributed by atoms with Crippen LogP contribution in [0, 0.1) is 0 Å². The highest BCUT2D eigenvalue weighted by molar-refractivity contribution is 7.14. The molecule has 9 heteroatoms. The first kappa shape index (κ1) is 20.0. The number of thiazole rings is 1. The topological polar surface area (TPSA) is 89.3 Å². The van der Waals surface area contributed by atoms with E-state index >= 15 is 0 Å². The van der Waals surface area contributed by atoms with Gasteiger partial charge in [-0.25, -0.2) is 9.67 Å². The van der Waals surface area contributed by atoms with Crippen molar-refractivity contribution in [2.24, 2.45) is 0 Å². The normalized spacial score (nSPS) is 15.2. The molecule has 160 valence electrons. The van der Waals surface area contributed by atoms with Crippen molar-refractivity contribution in [1.82, 2.24) is 14.8 Å². The second-order valence-electron chi connectivity index (χ2n) is 7.24. The molecule has 0 fully saturated rings. The summed E-state index contributed by atoms with van der Waals surface area (Å²) in [6.07, 6.45) is 2.96. The van der Waals surface area contributed by atoms with Gasteiger partial charge in [0.15, 0.2) is 11.2 Å². The number of nitrogens with zero attached hydrogens (tertiary/aromatic N) is 4. The first-order chi connectivity index (χ1) is 15.6. The highest BCUT2D eigenvalue weighted by atomic mass is 32.1. The minimum Gasteiger partial charge on any atom is -0.479 e. The molecule has 1 aliphatic heterocycles. The van der Waals surface area contributed by atoms with E-state index in [0.29, 0.717) is 16.6 Å². The van der Waals surface area contributed by atoms with Gasteiger partial charge in [0, 0.05) is 23.3 Å². The van der Waals surface area contributed by atoms with E-state index in [4.69, 9.17) is 4.74 Å². The molecule has 8 nitrogen and oxygen atoms in total. The van der Waals surface area contributed by atoms with Gasteiger partial charge in [-0.2, -0.15) is 5.10 Å². The molecule has 0 spiro atoms. The summed E-state index contributed by atoms with van der Waals surface area (Å²) < 4.78 is 7.40. The molecule has 0 saturated heterocycles.